The highest BCUT2D eigenvalue weighted by molar-refractivity contribution is 6.15. The van der Waals surface area contributed by atoms with E-state index in [0.717, 1.165) is 0 Å². The molecule has 0 heterocycles. The van der Waals surface area contributed by atoms with Crippen LogP contribution in [0.3, 0.4) is 0 Å². The lowest BCUT2D eigenvalue weighted by atomic mass is 10.3. The maximum absolute atomic E-state index is 11.9. The molecule has 0 bridgehead atoms. The Morgan fingerprint density at radius 3 is 0.680 bits per heavy atom. The Balaban J connectivity index is 0. The molecule has 0 saturated heterocycles. The van der Waals surface area contributed by atoms with Gasteiger partial charge in [0, 0.05) is 0 Å². The number of esters is 10. The largest absolute Gasteiger partial charge is 0.462 e. The lowest BCUT2D eigenvalue weighted by Crippen LogP contribution is -2.29. The van der Waals surface area contributed by atoms with E-state index in [1.54, 1.807) is 34.6 Å². The zero-order valence-electron chi connectivity index (χ0n) is 43.1. The standard InChI is InChI=1S/C27H38O15.C21H32O12/c1-7-36-22(28)18(4)25(31)40-12-10-34-16-21(39-14-15-42-27(33)20(6)24(30)38-9-3)17-35-11-13-41-26(32)19(5)23(29)37-8-2;1-5-29-18(23)15(3)20(25)32-11-9-27-13-17(31-8-7-22)14-28-10-12-33-21(26)16(4)19(24)30-6-2/h21H,4-17H2,1-3H3;17,22H,3-14H2,1-2H3. The maximum atomic E-state index is 11.9. The highest BCUT2D eigenvalue weighted by atomic mass is 16.6. The predicted molar refractivity (Wildman–Crippen MR) is 254 cm³/mol. The minimum absolute atomic E-state index is 0.00835. The van der Waals surface area contributed by atoms with Crippen molar-refractivity contribution >= 4 is 59.7 Å². The highest BCUT2D eigenvalue weighted by Gasteiger charge is 2.23. The van der Waals surface area contributed by atoms with Gasteiger partial charge in [0.1, 0.15) is 73.1 Å². The molecule has 0 radical (unpaired) electrons. The molecule has 27 heteroatoms. The fraction of sp³-hybridized carbons (Fsp3) is 0.583. The molecule has 0 aliphatic carbocycles. The minimum Gasteiger partial charge on any atom is -0.462 e. The number of carbonyl (C=O) groups is 10. The lowest BCUT2D eigenvalue weighted by Gasteiger charge is -2.18. The summed E-state index contributed by atoms with van der Waals surface area (Å²) in [6.45, 7) is 23.5. The molecule has 0 aliphatic heterocycles. The van der Waals surface area contributed by atoms with Gasteiger partial charge >= 0.3 is 59.7 Å². The number of ether oxygens (including phenoxy) is 16. The van der Waals surface area contributed by atoms with Gasteiger partial charge in [-0.25, -0.2) is 47.9 Å². The van der Waals surface area contributed by atoms with Gasteiger partial charge in [-0.1, -0.05) is 32.9 Å². The van der Waals surface area contributed by atoms with E-state index in [4.69, 9.17) is 57.2 Å². The second kappa shape index (κ2) is 44.6. The van der Waals surface area contributed by atoms with Crippen molar-refractivity contribution in [3.63, 3.8) is 0 Å². The summed E-state index contributed by atoms with van der Waals surface area (Å²) in [6, 6.07) is 0. The Morgan fingerprint density at radius 1 is 0.293 bits per heavy atom. The van der Waals surface area contributed by atoms with E-state index in [1.807, 2.05) is 0 Å². The molecule has 0 unspecified atom stereocenters. The van der Waals surface area contributed by atoms with Crippen LogP contribution >= 0.6 is 0 Å². The summed E-state index contributed by atoms with van der Waals surface area (Å²) in [5.74, 6) is -9.10. The van der Waals surface area contributed by atoms with E-state index in [9.17, 15) is 47.9 Å². The van der Waals surface area contributed by atoms with Crippen LogP contribution in [0.5, 0.6) is 0 Å². The fourth-order valence-corrected chi connectivity index (χ4v) is 4.43. The second-order valence-corrected chi connectivity index (χ2v) is 13.7. The number of carbonyl (C=O) groups excluding carboxylic acids is 10. The lowest BCUT2D eigenvalue weighted by molar-refractivity contribution is -0.151. The average Bonchev–Trinajstić information content (AvgIpc) is 3.39. The minimum atomic E-state index is -0.974. The summed E-state index contributed by atoms with van der Waals surface area (Å²) < 4.78 is 80.2. The molecule has 424 valence electrons. The van der Waals surface area contributed by atoms with Crippen LogP contribution in [-0.2, 0) is 124 Å². The first-order valence-corrected chi connectivity index (χ1v) is 23.1. The molecule has 0 amide bonds. The summed E-state index contributed by atoms with van der Waals surface area (Å²) in [4.78, 5) is 116. The van der Waals surface area contributed by atoms with Crippen molar-refractivity contribution in [3.05, 3.63) is 60.8 Å². The van der Waals surface area contributed by atoms with Crippen molar-refractivity contribution in [2.75, 3.05) is 139 Å². The third-order valence-corrected chi connectivity index (χ3v) is 8.01. The van der Waals surface area contributed by atoms with Crippen LogP contribution in [0.25, 0.3) is 0 Å². The molecule has 0 aromatic rings. The van der Waals surface area contributed by atoms with E-state index >= 15 is 0 Å². The second-order valence-electron chi connectivity index (χ2n) is 13.7. The molecule has 0 aliphatic rings. The normalized spacial score (nSPS) is 10.3. The van der Waals surface area contributed by atoms with Crippen LogP contribution in [0.4, 0.5) is 0 Å². The number of hydrogen-bond donors (Lipinski definition) is 1. The first-order chi connectivity index (χ1) is 35.8. The van der Waals surface area contributed by atoms with Gasteiger partial charge in [-0.05, 0) is 34.6 Å². The summed E-state index contributed by atoms with van der Waals surface area (Å²) in [6.07, 6.45) is -1.29. The molecular weight excluding hydrogens is 1010 g/mol. The number of aliphatic hydroxyl groups excluding tert-OH is 1. The molecule has 0 aromatic heterocycles. The quantitative estimate of drug-likeness (QED) is 0.0212. The van der Waals surface area contributed by atoms with Gasteiger partial charge in [-0.3, -0.25) is 0 Å². The Hall–Kier alpha value is -6.88. The average molecular weight is 1080 g/mol. The molecule has 0 rings (SSSR count). The van der Waals surface area contributed by atoms with E-state index in [0.29, 0.717) is 0 Å². The summed E-state index contributed by atoms with van der Waals surface area (Å²) in [5.41, 5.74) is -2.22. The van der Waals surface area contributed by atoms with Crippen LogP contribution in [0.1, 0.15) is 34.6 Å². The van der Waals surface area contributed by atoms with Gasteiger partial charge in [0.25, 0.3) is 0 Å². The molecule has 1 N–H and O–H groups in total. The topological polar surface area (TPSA) is 339 Å². The van der Waals surface area contributed by atoms with Gasteiger partial charge in [-0.15, -0.1) is 0 Å². The number of aliphatic hydroxyl groups is 1. The molecule has 75 heavy (non-hydrogen) atoms. The van der Waals surface area contributed by atoms with Crippen molar-refractivity contribution in [3.8, 4) is 0 Å². The Morgan fingerprint density at radius 2 is 0.480 bits per heavy atom. The van der Waals surface area contributed by atoms with Crippen LogP contribution < -0.4 is 0 Å². The Kier molecular flexibility index (Phi) is 41.7. The molecule has 0 fully saturated rings. The van der Waals surface area contributed by atoms with Crippen LogP contribution in [0.2, 0.25) is 0 Å². The van der Waals surface area contributed by atoms with Crippen LogP contribution in [-0.4, -0.2) is 216 Å². The van der Waals surface area contributed by atoms with Crippen molar-refractivity contribution in [1.29, 1.82) is 0 Å². The molecule has 0 atom stereocenters. The third-order valence-electron chi connectivity index (χ3n) is 8.01. The fourth-order valence-electron chi connectivity index (χ4n) is 4.43. The number of hydrogen-bond acceptors (Lipinski definition) is 27. The smallest absolute Gasteiger partial charge is 0.345 e. The van der Waals surface area contributed by atoms with Crippen LogP contribution in [0, 0.1) is 0 Å². The molecule has 0 aromatic carbocycles. The van der Waals surface area contributed by atoms with Gasteiger partial charge in [0.05, 0.1) is 106 Å². The van der Waals surface area contributed by atoms with Gasteiger partial charge in [0.15, 0.2) is 0 Å². The predicted octanol–water partition coefficient (Wildman–Crippen LogP) is 0.114. The Labute approximate surface area is 434 Å². The zero-order valence-corrected chi connectivity index (χ0v) is 43.1. The summed E-state index contributed by atoms with van der Waals surface area (Å²) >= 11 is 0. The SMILES string of the molecule is C=C(C(=O)OCC)C(=O)OCCOCC(COCCOC(=O)C(=C)C(=O)OCC)OCCO.C=C(C(=O)OCC)C(=O)OCCOCC(COCCOC(=O)C(=C)C(=O)OCC)OCCOC(=O)C(=C)C(=O)OCC. The van der Waals surface area contributed by atoms with E-state index in [-0.39, 0.29) is 139 Å². The molecule has 27 nitrogen and oxygen atoms in total. The first kappa shape index (κ1) is 70.2. The van der Waals surface area contributed by atoms with E-state index in [2.05, 4.69) is 56.6 Å². The van der Waals surface area contributed by atoms with Gasteiger partial charge in [0.2, 0.25) is 0 Å². The van der Waals surface area contributed by atoms with Crippen LogP contribution in [0.15, 0.2) is 60.8 Å². The van der Waals surface area contributed by atoms with E-state index in [1.165, 1.54) is 0 Å². The van der Waals surface area contributed by atoms with Crippen molar-refractivity contribution in [2.24, 2.45) is 0 Å². The summed E-state index contributed by atoms with van der Waals surface area (Å²) in [7, 11) is 0. The third kappa shape index (κ3) is 34.3. The van der Waals surface area contributed by atoms with E-state index < -0.39 is 99.8 Å². The Bertz CT molecular complexity index is 1780. The van der Waals surface area contributed by atoms with Gasteiger partial charge in [-0.2, -0.15) is 0 Å². The monoisotopic (exact) mass is 1080 g/mol. The zero-order chi connectivity index (χ0) is 57.0. The molecular formula is C48H70O27. The molecule has 0 spiro atoms. The molecule has 0 saturated carbocycles. The number of rotatable bonds is 42. The first-order valence-electron chi connectivity index (χ1n) is 23.1. The highest BCUT2D eigenvalue weighted by Crippen LogP contribution is 2.05. The maximum Gasteiger partial charge on any atom is 0.345 e. The summed E-state index contributed by atoms with van der Waals surface area (Å²) in [5, 5.41) is 8.91. The van der Waals surface area contributed by atoms with Crippen molar-refractivity contribution in [1.82, 2.24) is 0 Å². The van der Waals surface area contributed by atoms with Crippen molar-refractivity contribution in [2.45, 2.75) is 46.8 Å². The van der Waals surface area contributed by atoms with Gasteiger partial charge < -0.3 is 80.9 Å². The van der Waals surface area contributed by atoms with Crippen molar-refractivity contribution < 1.29 is 129 Å².